The third-order valence-electron chi connectivity index (χ3n) is 5.32. The van der Waals surface area contributed by atoms with Gasteiger partial charge in [0, 0.05) is 25.0 Å². The van der Waals surface area contributed by atoms with Crippen molar-refractivity contribution in [1.82, 2.24) is 14.8 Å². The van der Waals surface area contributed by atoms with Crippen LogP contribution in [0.2, 0.25) is 0 Å². The summed E-state index contributed by atoms with van der Waals surface area (Å²) in [5, 5.41) is 4.68. The summed E-state index contributed by atoms with van der Waals surface area (Å²) in [5.74, 6) is 0. The van der Waals surface area contributed by atoms with Crippen LogP contribution in [0.1, 0.15) is 28.4 Å². The summed E-state index contributed by atoms with van der Waals surface area (Å²) in [6.45, 7) is 4.28. The first-order chi connectivity index (χ1) is 13.5. The average Bonchev–Trinajstić information content (AvgIpc) is 3.12. The lowest BCUT2D eigenvalue weighted by Crippen LogP contribution is -2.15. The van der Waals surface area contributed by atoms with Gasteiger partial charge in [0.2, 0.25) is 0 Å². The van der Waals surface area contributed by atoms with Gasteiger partial charge in [-0.15, -0.1) is 0 Å². The van der Waals surface area contributed by atoms with Gasteiger partial charge < -0.3 is 5.73 Å². The van der Waals surface area contributed by atoms with Gasteiger partial charge in [0.05, 0.1) is 17.4 Å². The Hall–Kier alpha value is -3.24. The summed E-state index contributed by atoms with van der Waals surface area (Å²) in [6, 6.07) is 20.8. The molecule has 2 aromatic heterocycles. The molecule has 4 aromatic rings. The van der Waals surface area contributed by atoms with Crippen molar-refractivity contribution in [2.45, 2.75) is 19.9 Å². The van der Waals surface area contributed by atoms with E-state index in [2.05, 4.69) is 72.5 Å². The summed E-state index contributed by atoms with van der Waals surface area (Å²) in [6.07, 6.45) is 3.52. The van der Waals surface area contributed by atoms with E-state index in [-0.39, 0.29) is 6.04 Å². The van der Waals surface area contributed by atoms with Gasteiger partial charge in [0.25, 0.3) is 0 Å². The number of hydrogen-bond acceptors (Lipinski definition) is 3. The van der Waals surface area contributed by atoms with Crippen molar-refractivity contribution in [2.75, 3.05) is 0 Å². The molecule has 140 valence electrons. The summed E-state index contributed by atoms with van der Waals surface area (Å²) < 4.78 is 1.86. The van der Waals surface area contributed by atoms with Gasteiger partial charge in [0.15, 0.2) is 0 Å². The predicted octanol–water partition coefficient (Wildman–Crippen LogP) is 4.81. The van der Waals surface area contributed by atoms with Crippen LogP contribution in [0.15, 0.2) is 73.1 Å². The Morgan fingerprint density at radius 1 is 0.786 bits per heavy atom. The Balaban J connectivity index is 1.62. The molecule has 4 heteroatoms. The molecule has 0 saturated carbocycles. The molecule has 4 rings (SSSR count). The largest absolute Gasteiger partial charge is 0.319 e. The van der Waals surface area contributed by atoms with Gasteiger partial charge in [-0.05, 0) is 59.9 Å². The highest BCUT2D eigenvalue weighted by Crippen LogP contribution is 2.28. The maximum absolute atomic E-state index is 6.45. The summed E-state index contributed by atoms with van der Waals surface area (Å²) in [5.41, 5.74) is 15.5. The molecular weight excluding hydrogens is 344 g/mol. The van der Waals surface area contributed by atoms with E-state index in [1.54, 1.807) is 12.4 Å². The quantitative estimate of drug-likeness (QED) is 0.562. The second-order valence-electron chi connectivity index (χ2n) is 7.21. The van der Waals surface area contributed by atoms with E-state index in [9.17, 15) is 0 Å². The highest BCUT2D eigenvalue weighted by molar-refractivity contribution is 5.69. The van der Waals surface area contributed by atoms with Gasteiger partial charge in [-0.1, -0.05) is 42.5 Å². The highest BCUT2D eigenvalue weighted by atomic mass is 15.3. The normalized spacial score (nSPS) is 12.1. The molecule has 4 nitrogen and oxygen atoms in total. The first-order valence-electron chi connectivity index (χ1n) is 9.40. The molecule has 0 aliphatic heterocycles. The predicted molar refractivity (Wildman–Crippen MR) is 114 cm³/mol. The lowest BCUT2D eigenvalue weighted by Gasteiger charge is -2.11. The highest BCUT2D eigenvalue weighted by Gasteiger charge is 2.15. The first kappa shape index (κ1) is 18.1. The lowest BCUT2D eigenvalue weighted by molar-refractivity contribution is 0.674. The van der Waals surface area contributed by atoms with Crippen molar-refractivity contribution in [3.05, 3.63) is 95.4 Å². The number of pyridine rings is 1. The topological polar surface area (TPSA) is 56.7 Å². The second kappa shape index (κ2) is 7.41. The smallest absolute Gasteiger partial charge is 0.0926 e. The number of nitrogens with two attached hydrogens (primary N) is 1. The Kier molecular flexibility index (Phi) is 4.80. The van der Waals surface area contributed by atoms with Crippen LogP contribution in [0, 0.1) is 13.8 Å². The lowest BCUT2D eigenvalue weighted by atomic mass is 9.99. The second-order valence-corrected chi connectivity index (χ2v) is 7.21. The fourth-order valence-corrected chi connectivity index (χ4v) is 3.41. The van der Waals surface area contributed by atoms with E-state index in [0.29, 0.717) is 0 Å². The maximum atomic E-state index is 6.45. The molecule has 0 fully saturated rings. The van der Waals surface area contributed by atoms with Gasteiger partial charge in [-0.25, -0.2) is 0 Å². The SMILES string of the molecule is Cc1ccc(-c2ccc(-c3cc(C(N)c4ccncc4)n(C)n3)cc2)cc1C. The van der Waals surface area contributed by atoms with Crippen LogP contribution in [0.25, 0.3) is 22.4 Å². The Labute approximate surface area is 165 Å². The Morgan fingerprint density at radius 2 is 1.43 bits per heavy atom. The van der Waals surface area contributed by atoms with Crippen molar-refractivity contribution in [3.8, 4) is 22.4 Å². The minimum absolute atomic E-state index is 0.232. The summed E-state index contributed by atoms with van der Waals surface area (Å²) in [4.78, 5) is 4.06. The fourth-order valence-electron chi connectivity index (χ4n) is 3.41. The zero-order chi connectivity index (χ0) is 19.7. The number of rotatable bonds is 4. The minimum atomic E-state index is -0.232. The molecule has 2 N–H and O–H groups in total. The molecule has 0 saturated heterocycles. The van der Waals surface area contributed by atoms with E-state index in [0.717, 1.165) is 22.5 Å². The van der Waals surface area contributed by atoms with Gasteiger partial charge in [-0.3, -0.25) is 9.67 Å². The van der Waals surface area contributed by atoms with Crippen molar-refractivity contribution in [1.29, 1.82) is 0 Å². The third-order valence-corrected chi connectivity index (χ3v) is 5.32. The molecule has 2 heterocycles. The van der Waals surface area contributed by atoms with E-state index in [1.807, 2.05) is 23.9 Å². The van der Waals surface area contributed by atoms with E-state index < -0.39 is 0 Å². The standard InChI is InChI=1S/C24H24N4/c1-16-4-5-21(14-17(16)2)18-6-8-19(9-7-18)22-15-23(28(3)27-22)24(25)20-10-12-26-13-11-20/h4-15,24H,25H2,1-3H3. The number of aromatic nitrogens is 3. The van der Waals surface area contributed by atoms with E-state index >= 15 is 0 Å². The van der Waals surface area contributed by atoms with Gasteiger partial charge >= 0.3 is 0 Å². The molecule has 0 bridgehead atoms. The average molecular weight is 368 g/mol. The number of benzene rings is 2. The fraction of sp³-hybridized carbons (Fsp3) is 0.167. The van der Waals surface area contributed by atoms with E-state index in [4.69, 9.17) is 5.73 Å². The van der Waals surface area contributed by atoms with Crippen LogP contribution in [-0.2, 0) is 7.05 Å². The molecule has 28 heavy (non-hydrogen) atoms. The van der Waals surface area contributed by atoms with Gasteiger partial charge in [0.1, 0.15) is 0 Å². The van der Waals surface area contributed by atoms with Crippen molar-refractivity contribution >= 4 is 0 Å². The maximum Gasteiger partial charge on any atom is 0.0926 e. The van der Waals surface area contributed by atoms with Crippen molar-refractivity contribution in [2.24, 2.45) is 12.8 Å². The van der Waals surface area contributed by atoms with Crippen LogP contribution in [0.5, 0.6) is 0 Å². The Bertz CT molecular complexity index is 1100. The van der Waals surface area contributed by atoms with Crippen LogP contribution in [0.3, 0.4) is 0 Å². The van der Waals surface area contributed by atoms with Gasteiger partial charge in [-0.2, -0.15) is 5.10 Å². The zero-order valence-corrected chi connectivity index (χ0v) is 16.4. The van der Waals surface area contributed by atoms with Crippen molar-refractivity contribution < 1.29 is 0 Å². The molecule has 0 aliphatic carbocycles. The van der Waals surface area contributed by atoms with Crippen molar-refractivity contribution in [3.63, 3.8) is 0 Å². The van der Waals surface area contributed by atoms with E-state index in [1.165, 1.54) is 22.3 Å². The van der Waals surface area contributed by atoms with Crippen LogP contribution in [-0.4, -0.2) is 14.8 Å². The molecule has 1 unspecified atom stereocenters. The number of nitrogens with zero attached hydrogens (tertiary/aromatic N) is 3. The third kappa shape index (κ3) is 3.47. The van der Waals surface area contributed by atoms with Crippen LogP contribution < -0.4 is 5.73 Å². The summed E-state index contributed by atoms with van der Waals surface area (Å²) >= 11 is 0. The van der Waals surface area contributed by atoms with Crippen LogP contribution in [0.4, 0.5) is 0 Å². The molecule has 0 aliphatic rings. The monoisotopic (exact) mass is 368 g/mol. The summed E-state index contributed by atoms with van der Waals surface area (Å²) in [7, 11) is 1.93. The minimum Gasteiger partial charge on any atom is -0.319 e. The number of aryl methyl sites for hydroxylation is 3. The molecule has 1 atom stereocenters. The number of hydrogen-bond donors (Lipinski definition) is 1. The van der Waals surface area contributed by atoms with Crippen LogP contribution >= 0.6 is 0 Å². The molecule has 0 amide bonds. The zero-order valence-electron chi connectivity index (χ0n) is 16.4. The first-order valence-corrected chi connectivity index (χ1v) is 9.40. The molecule has 0 spiro atoms. The Morgan fingerprint density at radius 3 is 2.11 bits per heavy atom. The molecule has 0 radical (unpaired) electrons. The molecular formula is C24H24N4. The molecule has 2 aromatic carbocycles.